The SMILES string of the molecule is CC(C)c1cc(-c2ccc(/C=C3/SC(=O)N(C)C3=O)o2)cc(C(C)C)c1. The van der Waals surface area contributed by atoms with E-state index in [1.807, 2.05) is 12.1 Å². The summed E-state index contributed by atoms with van der Waals surface area (Å²) in [6, 6.07) is 10.3. The molecule has 0 aliphatic carbocycles. The third-order valence-electron chi connectivity index (χ3n) is 4.48. The highest BCUT2D eigenvalue weighted by Gasteiger charge is 2.32. The summed E-state index contributed by atoms with van der Waals surface area (Å²) in [7, 11) is 1.48. The first-order chi connectivity index (χ1) is 12.3. The van der Waals surface area contributed by atoms with Gasteiger partial charge in [0.25, 0.3) is 11.1 Å². The number of carbonyl (C=O) groups excluding carboxylic acids is 2. The van der Waals surface area contributed by atoms with E-state index in [9.17, 15) is 9.59 Å². The first-order valence-corrected chi connectivity index (χ1v) is 9.54. The minimum Gasteiger partial charge on any atom is -0.457 e. The average molecular weight is 369 g/mol. The molecule has 1 saturated heterocycles. The highest BCUT2D eigenvalue weighted by atomic mass is 32.2. The number of likely N-dealkylation sites (N-methyl/N-ethyl adjacent to an activating group) is 1. The number of thioether (sulfide) groups is 1. The van der Waals surface area contributed by atoms with E-state index in [-0.39, 0.29) is 11.1 Å². The molecular weight excluding hydrogens is 346 g/mol. The topological polar surface area (TPSA) is 50.5 Å². The number of amides is 2. The van der Waals surface area contributed by atoms with Gasteiger partial charge in [0.05, 0.1) is 4.91 Å². The highest BCUT2D eigenvalue weighted by Crippen LogP contribution is 2.34. The zero-order valence-corrected chi connectivity index (χ0v) is 16.5. The van der Waals surface area contributed by atoms with Crippen LogP contribution in [0.3, 0.4) is 0 Å². The molecule has 0 N–H and O–H groups in total. The Bertz CT molecular complexity index is 866. The van der Waals surface area contributed by atoms with Crippen molar-refractivity contribution in [3.8, 4) is 11.3 Å². The van der Waals surface area contributed by atoms with Gasteiger partial charge in [-0.05, 0) is 59.0 Å². The van der Waals surface area contributed by atoms with Crippen LogP contribution in [0, 0.1) is 0 Å². The molecule has 1 aromatic carbocycles. The van der Waals surface area contributed by atoms with Gasteiger partial charge in [-0.25, -0.2) is 0 Å². The maximum atomic E-state index is 12.0. The molecule has 26 heavy (non-hydrogen) atoms. The Morgan fingerprint density at radius 1 is 1.00 bits per heavy atom. The minimum absolute atomic E-state index is 0.265. The molecule has 1 aliphatic rings. The average Bonchev–Trinajstić information content (AvgIpc) is 3.16. The lowest BCUT2D eigenvalue weighted by molar-refractivity contribution is -0.121. The van der Waals surface area contributed by atoms with Gasteiger partial charge in [-0.15, -0.1) is 0 Å². The number of benzene rings is 1. The molecule has 4 nitrogen and oxygen atoms in total. The van der Waals surface area contributed by atoms with Crippen LogP contribution in [-0.2, 0) is 4.79 Å². The van der Waals surface area contributed by atoms with Crippen LogP contribution in [0.5, 0.6) is 0 Å². The Kier molecular flexibility index (Phi) is 5.10. The Hall–Kier alpha value is -2.27. The van der Waals surface area contributed by atoms with Gasteiger partial charge in [0.15, 0.2) is 0 Å². The molecule has 0 radical (unpaired) electrons. The number of rotatable bonds is 4. The minimum atomic E-state index is -0.290. The fraction of sp³-hybridized carbons (Fsp3) is 0.333. The summed E-state index contributed by atoms with van der Waals surface area (Å²) in [6.07, 6.45) is 1.63. The number of hydrogen-bond donors (Lipinski definition) is 0. The van der Waals surface area contributed by atoms with Gasteiger partial charge in [-0.2, -0.15) is 0 Å². The van der Waals surface area contributed by atoms with E-state index >= 15 is 0 Å². The summed E-state index contributed by atoms with van der Waals surface area (Å²) < 4.78 is 5.95. The van der Waals surface area contributed by atoms with Crippen molar-refractivity contribution in [3.63, 3.8) is 0 Å². The molecule has 0 unspecified atom stereocenters. The van der Waals surface area contributed by atoms with Crippen LogP contribution < -0.4 is 0 Å². The van der Waals surface area contributed by atoms with Crippen LogP contribution in [0.1, 0.15) is 56.4 Å². The Morgan fingerprint density at radius 2 is 1.62 bits per heavy atom. The Labute approximate surface area is 158 Å². The second-order valence-electron chi connectivity index (χ2n) is 7.14. The van der Waals surface area contributed by atoms with Crippen LogP contribution in [0.25, 0.3) is 17.4 Å². The van der Waals surface area contributed by atoms with Gasteiger partial charge in [0, 0.05) is 18.7 Å². The number of imide groups is 1. The third kappa shape index (κ3) is 3.63. The quantitative estimate of drug-likeness (QED) is 0.633. The molecule has 5 heteroatoms. The molecule has 2 amide bonds. The predicted molar refractivity (Wildman–Crippen MR) is 106 cm³/mol. The number of furan rings is 1. The molecule has 1 fully saturated rings. The van der Waals surface area contributed by atoms with E-state index in [2.05, 4.69) is 45.9 Å². The van der Waals surface area contributed by atoms with Crippen molar-refractivity contribution in [2.24, 2.45) is 0 Å². The number of carbonyl (C=O) groups is 2. The largest absolute Gasteiger partial charge is 0.457 e. The third-order valence-corrected chi connectivity index (χ3v) is 5.44. The van der Waals surface area contributed by atoms with Crippen LogP contribution in [0.15, 0.2) is 39.7 Å². The highest BCUT2D eigenvalue weighted by molar-refractivity contribution is 8.18. The summed E-state index contributed by atoms with van der Waals surface area (Å²) in [6.45, 7) is 8.71. The maximum absolute atomic E-state index is 12.0. The zero-order valence-electron chi connectivity index (χ0n) is 15.7. The molecule has 0 atom stereocenters. The molecule has 1 aromatic heterocycles. The fourth-order valence-electron chi connectivity index (χ4n) is 2.75. The van der Waals surface area contributed by atoms with Crippen molar-refractivity contribution < 1.29 is 14.0 Å². The summed E-state index contributed by atoms with van der Waals surface area (Å²) in [5, 5.41) is -0.265. The van der Waals surface area contributed by atoms with Gasteiger partial charge in [0.1, 0.15) is 11.5 Å². The maximum Gasteiger partial charge on any atom is 0.293 e. The molecule has 2 aromatic rings. The zero-order chi connectivity index (χ0) is 19.0. The first-order valence-electron chi connectivity index (χ1n) is 8.73. The lowest BCUT2D eigenvalue weighted by Crippen LogP contribution is -2.22. The Balaban J connectivity index is 1.95. The van der Waals surface area contributed by atoms with Gasteiger partial charge >= 0.3 is 0 Å². The molecule has 0 spiro atoms. The lowest BCUT2D eigenvalue weighted by Gasteiger charge is -2.13. The van der Waals surface area contributed by atoms with E-state index in [1.54, 1.807) is 6.08 Å². The summed E-state index contributed by atoms with van der Waals surface area (Å²) in [5.74, 6) is 1.90. The molecule has 0 saturated carbocycles. The summed E-state index contributed by atoms with van der Waals surface area (Å²) in [5.41, 5.74) is 3.58. The van der Waals surface area contributed by atoms with Crippen LogP contribution in [0.4, 0.5) is 4.79 Å². The molecule has 1 aliphatic heterocycles. The van der Waals surface area contributed by atoms with E-state index < -0.39 is 0 Å². The first kappa shape index (κ1) is 18.5. The van der Waals surface area contributed by atoms with Crippen LogP contribution in [-0.4, -0.2) is 23.1 Å². The summed E-state index contributed by atoms with van der Waals surface area (Å²) in [4.78, 5) is 25.1. The van der Waals surface area contributed by atoms with Crippen LogP contribution in [0.2, 0.25) is 0 Å². The van der Waals surface area contributed by atoms with Gasteiger partial charge in [-0.3, -0.25) is 14.5 Å². The smallest absolute Gasteiger partial charge is 0.293 e. The van der Waals surface area contributed by atoms with E-state index in [1.165, 1.54) is 18.2 Å². The van der Waals surface area contributed by atoms with Crippen molar-refractivity contribution in [1.29, 1.82) is 0 Å². The van der Waals surface area contributed by atoms with E-state index in [0.717, 1.165) is 28.0 Å². The Morgan fingerprint density at radius 3 is 2.12 bits per heavy atom. The van der Waals surface area contributed by atoms with Gasteiger partial charge in [-0.1, -0.05) is 33.8 Å². The van der Waals surface area contributed by atoms with Gasteiger partial charge < -0.3 is 4.42 Å². The van der Waals surface area contributed by atoms with Crippen LogP contribution >= 0.6 is 11.8 Å². The van der Waals surface area contributed by atoms with Crippen molar-refractivity contribution in [2.75, 3.05) is 7.05 Å². The van der Waals surface area contributed by atoms with E-state index in [4.69, 9.17) is 4.42 Å². The molecule has 136 valence electrons. The molecule has 0 bridgehead atoms. The molecule has 2 heterocycles. The lowest BCUT2D eigenvalue weighted by atomic mass is 9.92. The molecule has 3 rings (SSSR count). The second kappa shape index (κ2) is 7.16. The number of nitrogens with zero attached hydrogens (tertiary/aromatic N) is 1. The fourth-order valence-corrected chi connectivity index (χ4v) is 3.55. The van der Waals surface area contributed by atoms with Crippen molar-refractivity contribution in [3.05, 3.63) is 52.1 Å². The van der Waals surface area contributed by atoms with Crippen molar-refractivity contribution in [1.82, 2.24) is 4.90 Å². The standard InChI is InChI=1S/C21H23NO3S/c1-12(2)14-8-15(13(3)4)10-16(9-14)18-7-6-17(25-18)11-19-20(23)22(5)21(24)26-19/h6-13H,1-5H3/b19-11+. The number of hydrogen-bond acceptors (Lipinski definition) is 4. The monoisotopic (exact) mass is 369 g/mol. The van der Waals surface area contributed by atoms with E-state index in [0.29, 0.717) is 22.5 Å². The van der Waals surface area contributed by atoms with Crippen molar-refractivity contribution >= 4 is 29.0 Å². The van der Waals surface area contributed by atoms with Gasteiger partial charge in [0.2, 0.25) is 0 Å². The molecular formula is C21H23NO3S. The predicted octanol–water partition coefficient (Wildman–Crippen LogP) is 5.86. The normalized spacial score (nSPS) is 16.6. The summed E-state index contributed by atoms with van der Waals surface area (Å²) >= 11 is 0.933. The van der Waals surface area contributed by atoms with Crippen molar-refractivity contribution in [2.45, 2.75) is 39.5 Å². The second-order valence-corrected chi connectivity index (χ2v) is 8.13.